The summed E-state index contributed by atoms with van der Waals surface area (Å²) in [7, 11) is 0. The van der Waals surface area contributed by atoms with E-state index in [0.29, 0.717) is 13.2 Å². The van der Waals surface area contributed by atoms with Crippen molar-refractivity contribution in [1.29, 1.82) is 0 Å². The molecule has 1 aromatic rings. The van der Waals surface area contributed by atoms with E-state index >= 15 is 0 Å². The van der Waals surface area contributed by atoms with E-state index in [-0.39, 0.29) is 11.4 Å². The Hall–Kier alpha value is -1.91. The summed E-state index contributed by atoms with van der Waals surface area (Å²) in [5.41, 5.74) is 0.321. The number of rotatable bonds is 22. The molecule has 0 amide bonds. The van der Waals surface area contributed by atoms with Gasteiger partial charge in [-0.3, -0.25) is 0 Å². The van der Waals surface area contributed by atoms with Crippen molar-refractivity contribution in [2.24, 2.45) is 0 Å². The molecule has 1 rings (SSSR count). The molecule has 1 aromatic heterocycles. The number of carbonyl (C=O) groups is 2. The summed E-state index contributed by atoms with van der Waals surface area (Å²) < 4.78 is 10.7. The van der Waals surface area contributed by atoms with Crippen LogP contribution < -0.4 is 0 Å². The van der Waals surface area contributed by atoms with Crippen LogP contribution in [0, 0.1) is 0 Å². The van der Waals surface area contributed by atoms with Gasteiger partial charge >= 0.3 is 11.9 Å². The summed E-state index contributed by atoms with van der Waals surface area (Å²) >= 11 is 0. The van der Waals surface area contributed by atoms with Crippen molar-refractivity contribution in [2.45, 2.75) is 129 Å². The molecule has 194 valence electrons. The molecule has 0 unspecified atom stereocenters. The average molecular weight is 476 g/mol. The van der Waals surface area contributed by atoms with Gasteiger partial charge in [0, 0.05) is 0 Å². The smallest absolute Gasteiger partial charge is 0.356 e. The van der Waals surface area contributed by atoms with E-state index in [1.54, 1.807) is 18.2 Å². The number of nitrogens with zero attached hydrogens (tertiary/aromatic N) is 1. The molecule has 0 aliphatic heterocycles. The molecule has 34 heavy (non-hydrogen) atoms. The summed E-state index contributed by atoms with van der Waals surface area (Å²) in [6.45, 7) is 5.25. The lowest BCUT2D eigenvalue weighted by Crippen LogP contribution is -2.13. The first kappa shape index (κ1) is 30.1. The largest absolute Gasteiger partial charge is 0.461 e. The Morgan fingerprint density at radius 2 is 0.882 bits per heavy atom. The van der Waals surface area contributed by atoms with Crippen LogP contribution in [0.25, 0.3) is 0 Å². The Balaban J connectivity index is 2.13. The molecule has 0 aliphatic carbocycles. The van der Waals surface area contributed by atoms with Crippen LogP contribution >= 0.6 is 0 Å². The van der Waals surface area contributed by atoms with Crippen molar-refractivity contribution in [2.75, 3.05) is 13.2 Å². The van der Waals surface area contributed by atoms with E-state index < -0.39 is 11.9 Å². The minimum atomic E-state index is -0.479. The molecule has 0 radical (unpaired) electrons. The Morgan fingerprint density at radius 3 is 1.24 bits per heavy atom. The van der Waals surface area contributed by atoms with Gasteiger partial charge in [-0.2, -0.15) is 0 Å². The van der Waals surface area contributed by atoms with E-state index in [1.165, 1.54) is 89.9 Å². The van der Waals surface area contributed by atoms with Gasteiger partial charge in [-0.05, 0) is 25.0 Å². The van der Waals surface area contributed by atoms with Crippen LogP contribution in [0.15, 0.2) is 18.2 Å². The van der Waals surface area contributed by atoms with E-state index in [2.05, 4.69) is 18.8 Å². The van der Waals surface area contributed by atoms with Gasteiger partial charge in [0.2, 0.25) is 0 Å². The number of carbonyl (C=O) groups excluding carboxylic acids is 2. The second kappa shape index (κ2) is 21.6. The molecule has 0 fully saturated rings. The van der Waals surface area contributed by atoms with Crippen molar-refractivity contribution in [3.63, 3.8) is 0 Å². The zero-order valence-electron chi connectivity index (χ0n) is 22.0. The molecular weight excluding hydrogens is 426 g/mol. The van der Waals surface area contributed by atoms with E-state index in [1.807, 2.05) is 0 Å². The second-order valence-corrected chi connectivity index (χ2v) is 9.34. The van der Waals surface area contributed by atoms with Gasteiger partial charge in [-0.15, -0.1) is 0 Å². The van der Waals surface area contributed by atoms with Crippen molar-refractivity contribution in [3.8, 4) is 0 Å². The standard InChI is InChI=1S/C29H49NO4/c1-3-5-7-9-11-13-14-16-18-20-25-34-29(32)27-23-21-22-26(30-27)28(31)33-24-19-17-15-12-10-8-6-4-2/h21-23H,3-20,24-25H2,1-2H3. The topological polar surface area (TPSA) is 65.5 Å². The van der Waals surface area contributed by atoms with Crippen LogP contribution in [0.1, 0.15) is 150 Å². The highest BCUT2D eigenvalue weighted by Crippen LogP contribution is 2.12. The summed E-state index contributed by atoms with van der Waals surface area (Å²) in [5.74, 6) is -0.957. The summed E-state index contributed by atoms with van der Waals surface area (Å²) in [6.07, 6.45) is 21.9. The molecule has 0 spiro atoms. The molecule has 0 aliphatic rings. The summed E-state index contributed by atoms with van der Waals surface area (Å²) in [4.78, 5) is 28.7. The highest BCUT2D eigenvalue weighted by molar-refractivity contribution is 5.91. The number of pyridine rings is 1. The van der Waals surface area contributed by atoms with Crippen LogP contribution in [0.5, 0.6) is 0 Å². The maximum atomic E-state index is 12.3. The number of aromatic nitrogens is 1. The number of esters is 2. The molecular formula is C29H49NO4. The first-order chi connectivity index (χ1) is 16.7. The van der Waals surface area contributed by atoms with Crippen LogP contribution in [0.4, 0.5) is 0 Å². The zero-order valence-corrected chi connectivity index (χ0v) is 22.0. The molecule has 0 saturated carbocycles. The van der Waals surface area contributed by atoms with Gasteiger partial charge in [0.25, 0.3) is 0 Å². The molecule has 0 saturated heterocycles. The normalized spacial score (nSPS) is 10.9. The van der Waals surface area contributed by atoms with Gasteiger partial charge in [-0.25, -0.2) is 14.6 Å². The lowest BCUT2D eigenvalue weighted by Gasteiger charge is -2.07. The third-order valence-electron chi connectivity index (χ3n) is 6.13. The maximum absolute atomic E-state index is 12.3. The van der Waals surface area contributed by atoms with Gasteiger partial charge in [0.1, 0.15) is 11.4 Å². The van der Waals surface area contributed by atoms with Crippen molar-refractivity contribution < 1.29 is 19.1 Å². The molecule has 0 N–H and O–H groups in total. The molecule has 1 heterocycles. The minimum absolute atomic E-state index is 0.160. The zero-order chi connectivity index (χ0) is 24.7. The van der Waals surface area contributed by atoms with E-state index in [9.17, 15) is 9.59 Å². The monoisotopic (exact) mass is 475 g/mol. The Bertz CT molecular complexity index is 647. The van der Waals surface area contributed by atoms with Crippen molar-refractivity contribution in [1.82, 2.24) is 4.98 Å². The van der Waals surface area contributed by atoms with Gasteiger partial charge in [0.15, 0.2) is 0 Å². The van der Waals surface area contributed by atoms with Gasteiger partial charge < -0.3 is 9.47 Å². The van der Waals surface area contributed by atoms with Gasteiger partial charge in [0.05, 0.1) is 13.2 Å². The highest BCUT2D eigenvalue weighted by atomic mass is 16.5. The molecule has 5 nitrogen and oxygen atoms in total. The van der Waals surface area contributed by atoms with Crippen molar-refractivity contribution in [3.05, 3.63) is 29.6 Å². The lowest BCUT2D eigenvalue weighted by molar-refractivity contribution is 0.0482. The third kappa shape index (κ3) is 15.8. The summed E-state index contributed by atoms with van der Waals surface area (Å²) in [6, 6.07) is 4.81. The predicted octanol–water partition coefficient (Wildman–Crippen LogP) is 8.46. The SMILES string of the molecule is CCCCCCCCCCCCOC(=O)c1cccc(C(=O)OCCCCCCCCCC)n1. The number of unbranched alkanes of at least 4 members (excludes halogenated alkanes) is 16. The van der Waals surface area contributed by atoms with Crippen molar-refractivity contribution >= 4 is 11.9 Å². The second-order valence-electron chi connectivity index (χ2n) is 9.34. The Labute approximate surface area is 208 Å². The first-order valence-corrected chi connectivity index (χ1v) is 14.0. The fourth-order valence-corrected chi connectivity index (χ4v) is 3.97. The fourth-order valence-electron chi connectivity index (χ4n) is 3.97. The predicted molar refractivity (Wildman–Crippen MR) is 139 cm³/mol. The maximum Gasteiger partial charge on any atom is 0.356 e. The Kier molecular flexibility index (Phi) is 19.1. The lowest BCUT2D eigenvalue weighted by atomic mass is 10.1. The number of hydrogen-bond donors (Lipinski definition) is 0. The quantitative estimate of drug-likeness (QED) is 0.124. The Morgan fingerprint density at radius 1 is 0.559 bits per heavy atom. The molecule has 5 heteroatoms. The molecule has 0 aromatic carbocycles. The molecule has 0 bridgehead atoms. The van der Waals surface area contributed by atoms with Crippen LogP contribution in [0.3, 0.4) is 0 Å². The number of hydrogen-bond acceptors (Lipinski definition) is 5. The first-order valence-electron chi connectivity index (χ1n) is 14.0. The fraction of sp³-hybridized carbons (Fsp3) is 0.759. The van der Waals surface area contributed by atoms with Crippen LogP contribution in [0.2, 0.25) is 0 Å². The third-order valence-corrected chi connectivity index (χ3v) is 6.13. The number of ether oxygens (including phenoxy) is 2. The van der Waals surface area contributed by atoms with E-state index in [4.69, 9.17) is 9.47 Å². The van der Waals surface area contributed by atoms with Crippen LogP contribution in [-0.4, -0.2) is 30.1 Å². The van der Waals surface area contributed by atoms with E-state index in [0.717, 1.165) is 25.7 Å². The summed E-state index contributed by atoms with van der Waals surface area (Å²) in [5, 5.41) is 0. The van der Waals surface area contributed by atoms with Crippen LogP contribution in [-0.2, 0) is 9.47 Å². The van der Waals surface area contributed by atoms with Gasteiger partial charge in [-0.1, -0.05) is 123 Å². The molecule has 0 atom stereocenters. The highest BCUT2D eigenvalue weighted by Gasteiger charge is 2.14. The minimum Gasteiger partial charge on any atom is -0.461 e. The average Bonchev–Trinajstić information content (AvgIpc) is 2.86.